The van der Waals surface area contributed by atoms with Crippen LogP contribution in [0.1, 0.15) is 33.3 Å². The van der Waals surface area contributed by atoms with Crippen molar-refractivity contribution in [1.82, 2.24) is 15.5 Å². The number of amides is 1. The SMILES string of the molecule is Cc1cc(C(=O)NCC(c2ccc(N(C)C)cc2)c2c[nH]c3ccccc23)no1. The smallest absolute Gasteiger partial charge is 0.273 e. The second kappa shape index (κ2) is 7.83. The van der Waals surface area contributed by atoms with E-state index in [-0.39, 0.29) is 11.8 Å². The molecule has 2 heterocycles. The molecule has 0 aliphatic heterocycles. The molecular formula is C23H24N4O2. The molecule has 0 bridgehead atoms. The van der Waals surface area contributed by atoms with Gasteiger partial charge in [0.2, 0.25) is 0 Å². The number of anilines is 1. The number of para-hydroxylation sites is 1. The number of H-pyrrole nitrogens is 1. The van der Waals surface area contributed by atoms with Crippen molar-refractivity contribution in [3.05, 3.63) is 83.4 Å². The Labute approximate surface area is 169 Å². The van der Waals surface area contributed by atoms with Crippen LogP contribution in [0.3, 0.4) is 0 Å². The second-order valence-corrected chi connectivity index (χ2v) is 7.36. The molecule has 2 aromatic heterocycles. The highest BCUT2D eigenvalue weighted by molar-refractivity contribution is 5.92. The van der Waals surface area contributed by atoms with E-state index >= 15 is 0 Å². The van der Waals surface area contributed by atoms with Gasteiger partial charge in [-0.2, -0.15) is 0 Å². The molecule has 6 nitrogen and oxygen atoms in total. The van der Waals surface area contributed by atoms with Crippen LogP contribution in [0.5, 0.6) is 0 Å². The molecule has 0 aliphatic rings. The van der Waals surface area contributed by atoms with Gasteiger partial charge in [0.25, 0.3) is 5.91 Å². The van der Waals surface area contributed by atoms with Crippen LogP contribution in [0, 0.1) is 6.92 Å². The first kappa shape index (κ1) is 18.8. The number of aryl methyl sites for hydroxylation is 1. The average molecular weight is 388 g/mol. The Morgan fingerprint density at radius 2 is 1.93 bits per heavy atom. The monoisotopic (exact) mass is 388 g/mol. The molecule has 1 atom stereocenters. The molecule has 4 aromatic rings. The Morgan fingerprint density at radius 1 is 1.17 bits per heavy atom. The maximum absolute atomic E-state index is 12.5. The molecule has 1 amide bonds. The summed E-state index contributed by atoms with van der Waals surface area (Å²) in [5, 5.41) is 7.98. The lowest BCUT2D eigenvalue weighted by atomic mass is 9.90. The van der Waals surface area contributed by atoms with Crippen molar-refractivity contribution >= 4 is 22.5 Å². The zero-order valence-corrected chi connectivity index (χ0v) is 16.8. The topological polar surface area (TPSA) is 74.2 Å². The lowest BCUT2D eigenvalue weighted by Crippen LogP contribution is -2.29. The lowest BCUT2D eigenvalue weighted by Gasteiger charge is -2.19. The molecule has 4 rings (SSSR count). The Kier molecular flexibility index (Phi) is 5.08. The molecule has 0 spiro atoms. The van der Waals surface area contributed by atoms with Gasteiger partial charge in [0.15, 0.2) is 5.69 Å². The van der Waals surface area contributed by atoms with Crippen LogP contribution in [0.2, 0.25) is 0 Å². The first-order valence-corrected chi connectivity index (χ1v) is 9.58. The first-order valence-electron chi connectivity index (χ1n) is 9.58. The van der Waals surface area contributed by atoms with Crippen molar-refractivity contribution in [1.29, 1.82) is 0 Å². The number of carbonyl (C=O) groups excluding carboxylic acids is 1. The van der Waals surface area contributed by atoms with Gasteiger partial charge in [0, 0.05) is 55.4 Å². The van der Waals surface area contributed by atoms with E-state index in [1.165, 1.54) is 0 Å². The summed E-state index contributed by atoms with van der Waals surface area (Å²) < 4.78 is 5.02. The number of hydrogen-bond acceptors (Lipinski definition) is 4. The van der Waals surface area contributed by atoms with E-state index in [4.69, 9.17) is 4.52 Å². The summed E-state index contributed by atoms with van der Waals surface area (Å²) >= 11 is 0. The Morgan fingerprint density at radius 3 is 2.62 bits per heavy atom. The van der Waals surface area contributed by atoms with Crippen molar-refractivity contribution in [3.8, 4) is 0 Å². The van der Waals surface area contributed by atoms with Crippen LogP contribution in [0.15, 0.2) is 65.3 Å². The predicted octanol–water partition coefficient (Wildman–Crippen LogP) is 4.09. The highest BCUT2D eigenvalue weighted by atomic mass is 16.5. The van der Waals surface area contributed by atoms with Crippen LogP contribution >= 0.6 is 0 Å². The minimum absolute atomic E-state index is 0.000639. The van der Waals surface area contributed by atoms with Crippen LogP contribution in [-0.2, 0) is 0 Å². The molecular weight excluding hydrogens is 364 g/mol. The zero-order chi connectivity index (χ0) is 20.4. The van der Waals surface area contributed by atoms with Crippen molar-refractivity contribution in [2.75, 3.05) is 25.5 Å². The highest BCUT2D eigenvalue weighted by Crippen LogP contribution is 2.31. The third kappa shape index (κ3) is 3.87. The number of benzene rings is 2. The summed E-state index contributed by atoms with van der Waals surface area (Å²) in [4.78, 5) is 17.9. The maximum atomic E-state index is 12.5. The number of carbonyl (C=O) groups is 1. The minimum Gasteiger partial charge on any atom is -0.378 e. The normalized spacial score (nSPS) is 12.1. The largest absolute Gasteiger partial charge is 0.378 e. The summed E-state index contributed by atoms with van der Waals surface area (Å²) in [5.41, 5.74) is 4.79. The van der Waals surface area contributed by atoms with Gasteiger partial charge < -0.3 is 19.7 Å². The van der Waals surface area contributed by atoms with Crippen LogP contribution in [-0.4, -0.2) is 36.7 Å². The second-order valence-electron chi connectivity index (χ2n) is 7.36. The lowest BCUT2D eigenvalue weighted by molar-refractivity contribution is 0.0943. The predicted molar refractivity (Wildman–Crippen MR) is 114 cm³/mol. The van der Waals surface area contributed by atoms with Crippen molar-refractivity contribution in [2.24, 2.45) is 0 Å². The Balaban J connectivity index is 1.66. The minimum atomic E-state index is -0.239. The number of rotatable bonds is 6. The number of nitrogens with one attached hydrogen (secondary N) is 2. The fraction of sp³-hybridized carbons (Fsp3) is 0.217. The van der Waals surface area contributed by atoms with Gasteiger partial charge in [-0.25, -0.2) is 0 Å². The molecule has 1 unspecified atom stereocenters. The number of aromatic amines is 1. The van der Waals surface area contributed by atoms with Gasteiger partial charge in [0.1, 0.15) is 5.76 Å². The quantitative estimate of drug-likeness (QED) is 0.522. The highest BCUT2D eigenvalue weighted by Gasteiger charge is 2.20. The fourth-order valence-corrected chi connectivity index (χ4v) is 3.55. The van der Waals surface area contributed by atoms with Crippen molar-refractivity contribution in [3.63, 3.8) is 0 Å². The molecule has 29 heavy (non-hydrogen) atoms. The average Bonchev–Trinajstić information content (AvgIpc) is 3.35. The Hall–Kier alpha value is -3.54. The van der Waals surface area contributed by atoms with Crippen molar-refractivity contribution < 1.29 is 9.32 Å². The third-order valence-electron chi connectivity index (χ3n) is 5.14. The summed E-state index contributed by atoms with van der Waals surface area (Å²) in [6.07, 6.45) is 2.03. The fourth-order valence-electron chi connectivity index (χ4n) is 3.55. The number of hydrogen-bond donors (Lipinski definition) is 2. The summed E-state index contributed by atoms with van der Waals surface area (Å²) in [6, 6.07) is 18.3. The molecule has 0 saturated heterocycles. The first-order chi connectivity index (χ1) is 14.0. The number of nitrogens with zero attached hydrogens (tertiary/aromatic N) is 2. The zero-order valence-electron chi connectivity index (χ0n) is 16.8. The molecule has 2 N–H and O–H groups in total. The van der Waals surface area contributed by atoms with E-state index in [1.807, 2.05) is 32.4 Å². The summed E-state index contributed by atoms with van der Waals surface area (Å²) in [6.45, 7) is 2.22. The molecule has 148 valence electrons. The van der Waals surface area contributed by atoms with E-state index in [0.29, 0.717) is 18.0 Å². The molecule has 2 aromatic carbocycles. The van der Waals surface area contributed by atoms with Crippen LogP contribution < -0.4 is 10.2 Å². The summed E-state index contributed by atoms with van der Waals surface area (Å²) in [7, 11) is 4.04. The van der Waals surface area contributed by atoms with Gasteiger partial charge in [0.05, 0.1) is 0 Å². The third-order valence-corrected chi connectivity index (χ3v) is 5.14. The number of aromatic nitrogens is 2. The molecule has 0 saturated carbocycles. The van der Waals surface area contributed by atoms with E-state index < -0.39 is 0 Å². The maximum Gasteiger partial charge on any atom is 0.273 e. The number of fused-ring (bicyclic) bond motifs is 1. The standard InChI is InChI=1S/C23H24N4O2/c1-15-12-22(26-29-15)23(28)25-13-19(16-8-10-17(11-9-16)27(2)3)20-14-24-21-7-5-4-6-18(20)21/h4-12,14,19,24H,13H2,1-3H3,(H,25,28). The van der Waals surface area contributed by atoms with Crippen LogP contribution in [0.4, 0.5) is 5.69 Å². The molecule has 6 heteroatoms. The van der Waals surface area contributed by atoms with Gasteiger partial charge in [-0.05, 0) is 36.2 Å². The van der Waals surface area contributed by atoms with Crippen molar-refractivity contribution in [2.45, 2.75) is 12.8 Å². The van der Waals surface area contributed by atoms with E-state index in [0.717, 1.165) is 27.7 Å². The van der Waals surface area contributed by atoms with Gasteiger partial charge in [-0.1, -0.05) is 35.5 Å². The molecule has 0 radical (unpaired) electrons. The van der Waals surface area contributed by atoms with Gasteiger partial charge in [-0.3, -0.25) is 4.79 Å². The van der Waals surface area contributed by atoms with Gasteiger partial charge in [-0.15, -0.1) is 0 Å². The summed E-state index contributed by atoms with van der Waals surface area (Å²) in [5.74, 6) is 0.374. The molecule has 0 aliphatic carbocycles. The van der Waals surface area contributed by atoms with Crippen LogP contribution in [0.25, 0.3) is 10.9 Å². The Bertz CT molecular complexity index is 1130. The van der Waals surface area contributed by atoms with E-state index in [9.17, 15) is 4.79 Å². The van der Waals surface area contributed by atoms with E-state index in [1.54, 1.807) is 13.0 Å². The molecule has 0 fully saturated rings. The van der Waals surface area contributed by atoms with Gasteiger partial charge >= 0.3 is 0 Å². The van der Waals surface area contributed by atoms with E-state index in [2.05, 4.69) is 56.8 Å².